The highest BCUT2D eigenvalue weighted by Gasteiger charge is 2.13. The molecule has 0 fully saturated rings. The maximum atomic E-state index is 11.9. The van der Waals surface area contributed by atoms with E-state index in [0.29, 0.717) is 11.3 Å². The van der Waals surface area contributed by atoms with E-state index in [4.69, 9.17) is 11.6 Å². The van der Waals surface area contributed by atoms with Crippen molar-refractivity contribution in [2.45, 2.75) is 6.92 Å². The number of carbonyl (C=O) groups is 2. The predicted molar refractivity (Wildman–Crippen MR) is 110 cm³/mol. The van der Waals surface area contributed by atoms with Crippen LogP contribution in [0.25, 0.3) is 10.9 Å². The van der Waals surface area contributed by atoms with Crippen LogP contribution >= 0.6 is 27.5 Å². The largest absolute Gasteiger partial charge is 0.329 e. The molecular weight excluding hydrogens is 432 g/mol. The fourth-order valence-electron chi connectivity index (χ4n) is 2.29. The molecule has 1 aromatic heterocycles. The molecule has 8 heteroatoms. The van der Waals surface area contributed by atoms with Crippen LogP contribution < -0.4 is 10.7 Å². The van der Waals surface area contributed by atoms with Crippen LogP contribution in [-0.2, 0) is 9.59 Å². The molecule has 0 aliphatic rings. The Balaban J connectivity index is 1.65. The molecule has 1 heterocycles. The van der Waals surface area contributed by atoms with Gasteiger partial charge in [0.05, 0.1) is 11.7 Å². The third-order valence-corrected chi connectivity index (χ3v) is 4.46. The third kappa shape index (κ3) is 4.90. The van der Waals surface area contributed by atoms with E-state index in [1.165, 1.54) is 6.21 Å². The van der Waals surface area contributed by atoms with Crippen LogP contribution in [0.3, 0.4) is 0 Å². The van der Waals surface area contributed by atoms with E-state index in [2.05, 4.69) is 36.8 Å². The second kappa shape index (κ2) is 8.28. The zero-order valence-corrected chi connectivity index (χ0v) is 16.5. The Morgan fingerprint density at radius 1 is 1.11 bits per heavy atom. The van der Waals surface area contributed by atoms with E-state index >= 15 is 0 Å². The van der Waals surface area contributed by atoms with Crippen LogP contribution in [-0.4, -0.2) is 23.0 Å². The van der Waals surface area contributed by atoms with Gasteiger partial charge in [0.2, 0.25) is 0 Å². The van der Waals surface area contributed by atoms with Crippen molar-refractivity contribution in [1.82, 2.24) is 10.4 Å². The number of benzene rings is 2. The zero-order valence-electron chi connectivity index (χ0n) is 14.2. The quantitative estimate of drug-likeness (QED) is 0.276. The lowest BCUT2D eigenvalue weighted by Crippen LogP contribution is -2.32. The third-order valence-electron chi connectivity index (χ3n) is 3.63. The number of anilines is 1. The molecular formula is C19H14BrClN4O2. The summed E-state index contributed by atoms with van der Waals surface area (Å²) in [7, 11) is 0. The molecule has 0 aliphatic heterocycles. The number of amides is 2. The van der Waals surface area contributed by atoms with Crippen LogP contribution in [0.15, 0.2) is 58.1 Å². The number of pyridine rings is 1. The maximum absolute atomic E-state index is 11.9. The minimum Gasteiger partial charge on any atom is -0.318 e. The standard InChI is InChI=1S/C19H14BrClN4O2/c1-11-2-3-12-9-13(17(21)24-16(12)8-11)10-22-25-19(27)18(26)23-15-6-4-14(20)5-7-15/h2-10H,1H3,(H,23,26)(H,25,27)/b22-10+. The van der Waals surface area contributed by atoms with Gasteiger partial charge in [-0.1, -0.05) is 39.7 Å². The van der Waals surface area contributed by atoms with Gasteiger partial charge in [0.1, 0.15) is 5.15 Å². The molecule has 2 N–H and O–H groups in total. The Morgan fingerprint density at radius 2 is 1.85 bits per heavy atom. The second-order valence-electron chi connectivity index (χ2n) is 5.72. The minimum atomic E-state index is -0.894. The molecule has 0 radical (unpaired) electrons. The van der Waals surface area contributed by atoms with Crippen molar-refractivity contribution in [3.05, 3.63) is 69.3 Å². The van der Waals surface area contributed by atoms with Crippen molar-refractivity contribution in [2.75, 3.05) is 5.32 Å². The molecule has 0 unspecified atom stereocenters. The first kappa shape index (κ1) is 19.0. The molecule has 0 saturated carbocycles. The molecule has 0 bridgehead atoms. The molecule has 6 nitrogen and oxygen atoms in total. The number of hydrogen-bond donors (Lipinski definition) is 2. The Morgan fingerprint density at radius 3 is 2.59 bits per heavy atom. The number of hydrogen-bond acceptors (Lipinski definition) is 4. The van der Waals surface area contributed by atoms with E-state index in [1.807, 2.05) is 31.2 Å². The van der Waals surface area contributed by atoms with Crippen LogP contribution in [0, 0.1) is 6.92 Å². The summed E-state index contributed by atoms with van der Waals surface area (Å²) in [5.74, 6) is -1.72. The normalized spacial score (nSPS) is 10.9. The van der Waals surface area contributed by atoms with E-state index in [-0.39, 0.29) is 5.15 Å². The predicted octanol–water partition coefficient (Wildman–Crippen LogP) is 4.05. The summed E-state index contributed by atoms with van der Waals surface area (Å²) < 4.78 is 0.866. The van der Waals surface area contributed by atoms with E-state index in [9.17, 15) is 9.59 Å². The molecule has 2 amide bonds. The van der Waals surface area contributed by atoms with E-state index < -0.39 is 11.8 Å². The van der Waals surface area contributed by atoms with Gasteiger partial charge in [-0.2, -0.15) is 5.10 Å². The number of halogens is 2. The number of rotatable bonds is 3. The lowest BCUT2D eigenvalue weighted by Gasteiger charge is -2.04. The molecule has 0 aliphatic carbocycles. The maximum Gasteiger partial charge on any atom is 0.329 e. The number of nitrogens with zero attached hydrogens (tertiary/aromatic N) is 2. The summed E-state index contributed by atoms with van der Waals surface area (Å²) in [5.41, 5.74) is 5.05. The molecule has 136 valence electrons. The Hall–Kier alpha value is -2.77. The molecule has 3 rings (SSSR count). The van der Waals surface area contributed by atoms with Crippen LogP contribution in [0.2, 0.25) is 5.15 Å². The van der Waals surface area contributed by atoms with Gasteiger partial charge in [0.15, 0.2) is 0 Å². The Bertz CT molecular complexity index is 1050. The summed E-state index contributed by atoms with van der Waals surface area (Å²) in [5, 5.41) is 7.41. The van der Waals surface area contributed by atoms with Crippen molar-refractivity contribution < 1.29 is 9.59 Å². The van der Waals surface area contributed by atoms with Gasteiger partial charge in [-0.15, -0.1) is 0 Å². The highest BCUT2D eigenvalue weighted by molar-refractivity contribution is 9.10. The van der Waals surface area contributed by atoms with Gasteiger partial charge in [-0.25, -0.2) is 10.4 Å². The Labute approximate surface area is 168 Å². The average molecular weight is 446 g/mol. The zero-order chi connectivity index (χ0) is 19.4. The van der Waals surface area contributed by atoms with Crippen LogP contribution in [0.1, 0.15) is 11.1 Å². The van der Waals surface area contributed by atoms with Crippen molar-refractivity contribution in [3.8, 4) is 0 Å². The number of nitrogens with one attached hydrogen (secondary N) is 2. The summed E-state index contributed by atoms with van der Waals surface area (Å²) in [6, 6.07) is 14.5. The SMILES string of the molecule is Cc1ccc2cc(/C=N/NC(=O)C(=O)Nc3ccc(Br)cc3)c(Cl)nc2c1. The van der Waals surface area contributed by atoms with Gasteiger partial charge in [0.25, 0.3) is 0 Å². The minimum absolute atomic E-state index is 0.255. The van der Waals surface area contributed by atoms with Crippen molar-refractivity contribution in [2.24, 2.45) is 5.10 Å². The fourth-order valence-corrected chi connectivity index (χ4v) is 2.75. The number of hydrazone groups is 1. The molecule has 27 heavy (non-hydrogen) atoms. The first-order valence-corrected chi connectivity index (χ1v) is 9.06. The molecule has 3 aromatic rings. The highest BCUT2D eigenvalue weighted by Crippen LogP contribution is 2.20. The number of aromatic nitrogens is 1. The number of fused-ring (bicyclic) bond motifs is 1. The summed E-state index contributed by atoms with van der Waals surface area (Å²) >= 11 is 9.45. The van der Waals surface area contributed by atoms with Gasteiger partial charge in [-0.3, -0.25) is 9.59 Å². The van der Waals surface area contributed by atoms with Gasteiger partial charge >= 0.3 is 11.8 Å². The van der Waals surface area contributed by atoms with Crippen LogP contribution in [0.5, 0.6) is 0 Å². The van der Waals surface area contributed by atoms with Gasteiger partial charge in [0, 0.05) is 21.1 Å². The van der Waals surface area contributed by atoms with Gasteiger partial charge in [-0.05, 0) is 48.9 Å². The lowest BCUT2D eigenvalue weighted by molar-refractivity contribution is -0.136. The summed E-state index contributed by atoms with van der Waals surface area (Å²) in [6.45, 7) is 1.97. The monoisotopic (exact) mass is 444 g/mol. The topological polar surface area (TPSA) is 83.5 Å². The second-order valence-corrected chi connectivity index (χ2v) is 7.00. The number of aryl methyl sites for hydroxylation is 1. The highest BCUT2D eigenvalue weighted by atomic mass is 79.9. The van der Waals surface area contributed by atoms with Crippen molar-refractivity contribution in [1.29, 1.82) is 0 Å². The van der Waals surface area contributed by atoms with Crippen molar-refractivity contribution in [3.63, 3.8) is 0 Å². The Kier molecular flexibility index (Phi) is 5.83. The molecule has 0 atom stereocenters. The fraction of sp³-hybridized carbons (Fsp3) is 0.0526. The van der Waals surface area contributed by atoms with E-state index in [0.717, 1.165) is 20.9 Å². The molecule has 0 spiro atoms. The number of carbonyl (C=O) groups excluding carboxylic acids is 2. The molecule has 0 saturated heterocycles. The lowest BCUT2D eigenvalue weighted by atomic mass is 10.1. The van der Waals surface area contributed by atoms with E-state index in [1.54, 1.807) is 24.3 Å². The van der Waals surface area contributed by atoms with Crippen molar-refractivity contribution >= 4 is 62.2 Å². The molecule has 2 aromatic carbocycles. The van der Waals surface area contributed by atoms with Crippen LogP contribution in [0.4, 0.5) is 5.69 Å². The summed E-state index contributed by atoms with van der Waals surface area (Å²) in [4.78, 5) is 28.0. The first-order chi connectivity index (χ1) is 12.9. The first-order valence-electron chi connectivity index (χ1n) is 7.89. The van der Waals surface area contributed by atoms with Gasteiger partial charge < -0.3 is 5.32 Å². The smallest absolute Gasteiger partial charge is 0.318 e. The summed E-state index contributed by atoms with van der Waals surface area (Å²) in [6.07, 6.45) is 1.35. The average Bonchev–Trinajstić information content (AvgIpc) is 2.64.